The number of aromatic nitrogens is 1. The number of benzene rings is 3. The van der Waals surface area contributed by atoms with Gasteiger partial charge in [-0.25, -0.2) is 4.79 Å². The van der Waals surface area contributed by atoms with E-state index in [1.54, 1.807) is 30.5 Å². The number of carbonyl (C=O) groups is 2. The number of nitrogens with one attached hydrogen (secondary N) is 1. The first-order valence-corrected chi connectivity index (χ1v) is 14.6. The second kappa shape index (κ2) is 13.7. The lowest BCUT2D eigenvalue weighted by Gasteiger charge is -2.22. The number of nitrogen functional groups attached to an aromatic ring is 1. The van der Waals surface area contributed by atoms with Gasteiger partial charge >= 0.3 is 5.97 Å². The Morgan fingerprint density at radius 2 is 1.74 bits per heavy atom. The number of rotatable bonds is 10. The zero-order chi connectivity index (χ0) is 30.3. The molecule has 218 valence electrons. The highest BCUT2D eigenvalue weighted by atomic mass is 35.5. The van der Waals surface area contributed by atoms with Crippen molar-refractivity contribution in [2.75, 3.05) is 11.1 Å². The van der Waals surface area contributed by atoms with Crippen molar-refractivity contribution in [3.05, 3.63) is 112 Å². The highest BCUT2D eigenvalue weighted by Gasteiger charge is 2.26. The van der Waals surface area contributed by atoms with Crippen LogP contribution in [-0.4, -0.2) is 22.5 Å². The molecule has 0 radical (unpaired) electrons. The molecule has 6 nitrogen and oxygen atoms in total. The first-order chi connectivity index (χ1) is 20.0. The summed E-state index contributed by atoms with van der Waals surface area (Å²) in [5.41, 5.74) is 11.1. The fourth-order valence-corrected chi connectivity index (χ4v) is 4.86. The number of halogens is 1. The van der Waals surface area contributed by atoms with Crippen molar-refractivity contribution < 1.29 is 14.3 Å². The number of nitrogens with zero attached hydrogens (tertiary/aromatic N) is 1. The van der Waals surface area contributed by atoms with Crippen LogP contribution in [0.5, 0.6) is 0 Å². The van der Waals surface area contributed by atoms with E-state index in [9.17, 15) is 9.59 Å². The average Bonchev–Trinajstić information content (AvgIpc) is 2.96. The minimum absolute atomic E-state index is 0.265. The Morgan fingerprint density at radius 1 is 0.976 bits per heavy atom. The van der Waals surface area contributed by atoms with E-state index in [0.717, 1.165) is 41.5 Å². The Kier molecular flexibility index (Phi) is 10.0. The van der Waals surface area contributed by atoms with Crippen molar-refractivity contribution in [3.63, 3.8) is 0 Å². The van der Waals surface area contributed by atoms with Crippen LogP contribution < -0.4 is 11.1 Å². The molecule has 1 amide bonds. The molecule has 3 N–H and O–H groups in total. The second-order valence-electron chi connectivity index (χ2n) is 11.4. The van der Waals surface area contributed by atoms with Crippen LogP contribution in [0.1, 0.15) is 73.6 Å². The van der Waals surface area contributed by atoms with E-state index in [0.29, 0.717) is 34.1 Å². The Bertz CT molecular complexity index is 1530. The molecule has 4 aromatic rings. The Morgan fingerprint density at radius 3 is 2.40 bits per heavy atom. The molecule has 1 atom stereocenters. The summed E-state index contributed by atoms with van der Waals surface area (Å²) < 4.78 is 5.66. The summed E-state index contributed by atoms with van der Waals surface area (Å²) in [6.07, 6.45) is 5.02. The van der Waals surface area contributed by atoms with Crippen LogP contribution in [0.25, 0.3) is 11.1 Å². The lowest BCUT2D eigenvalue weighted by molar-refractivity contribution is -0.117. The quantitative estimate of drug-likeness (QED) is 0.145. The molecule has 1 aromatic heterocycles. The monoisotopic (exact) mass is 583 g/mol. The normalized spacial score (nSPS) is 12.0. The van der Waals surface area contributed by atoms with E-state index in [-0.39, 0.29) is 5.91 Å². The van der Waals surface area contributed by atoms with Crippen molar-refractivity contribution in [1.29, 1.82) is 0 Å². The van der Waals surface area contributed by atoms with Gasteiger partial charge in [-0.2, -0.15) is 0 Å². The lowest BCUT2D eigenvalue weighted by Crippen LogP contribution is -2.27. The van der Waals surface area contributed by atoms with Gasteiger partial charge in [0.1, 0.15) is 5.60 Å². The van der Waals surface area contributed by atoms with E-state index < -0.39 is 17.5 Å². The third kappa shape index (κ3) is 8.20. The van der Waals surface area contributed by atoms with E-state index in [4.69, 9.17) is 27.1 Å². The number of hydrogen-bond acceptors (Lipinski definition) is 5. The minimum Gasteiger partial charge on any atom is -0.456 e. The smallest absolute Gasteiger partial charge is 0.340 e. The first kappa shape index (κ1) is 30.8. The van der Waals surface area contributed by atoms with Crippen LogP contribution in [0.4, 0.5) is 11.4 Å². The van der Waals surface area contributed by atoms with Crippen molar-refractivity contribution in [2.24, 2.45) is 0 Å². The summed E-state index contributed by atoms with van der Waals surface area (Å²) in [4.78, 5) is 31.9. The van der Waals surface area contributed by atoms with Gasteiger partial charge in [-0.15, -0.1) is 0 Å². The van der Waals surface area contributed by atoms with E-state index in [1.807, 2.05) is 75.4 Å². The van der Waals surface area contributed by atoms with Gasteiger partial charge in [0.2, 0.25) is 5.91 Å². The molecule has 0 saturated heterocycles. The number of ether oxygens (including phenoxy) is 1. The molecule has 0 aliphatic heterocycles. The molecule has 3 aromatic carbocycles. The molecule has 0 spiro atoms. The summed E-state index contributed by atoms with van der Waals surface area (Å²) in [5, 5.41) is 3.63. The van der Waals surface area contributed by atoms with E-state index >= 15 is 0 Å². The van der Waals surface area contributed by atoms with Gasteiger partial charge in [-0.1, -0.05) is 67.4 Å². The molecule has 0 bridgehead atoms. The predicted molar refractivity (Wildman–Crippen MR) is 171 cm³/mol. The van der Waals surface area contributed by atoms with Crippen molar-refractivity contribution >= 4 is 34.9 Å². The maximum Gasteiger partial charge on any atom is 0.340 e. The number of nitrogens with two attached hydrogens (primary N) is 1. The van der Waals surface area contributed by atoms with E-state index in [1.165, 1.54) is 0 Å². The molecule has 0 aliphatic rings. The molecule has 4 rings (SSSR count). The van der Waals surface area contributed by atoms with Gasteiger partial charge < -0.3 is 15.8 Å². The zero-order valence-corrected chi connectivity index (χ0v) is 25.4. The first-order valence-electron chi connectivity index (χ1n) is 14.3. The van der Waals surface area contributed by atoms with Gasteiger partial charge in [-0.05, 0) is 87.6 Å². The summed E-state index contributed by atoms with van der Waals surface area (Å²) in [5.74, 6) is -1.37. The van der Waals surface area contributed by atoms with E-state index in [2.05, 4.69) is 12.2 Å². The van der Waals surface area contributed by atoms with Crippen molar-refractivity contribution in [2.45, 2.75) is 64.9 Å². The maximum atomic E-state index is 14.0. The van der Waals surface area contributed by atoms with Gasteiger partial charge in [0.05, 0.1) is 22.9 Å². The maximum absolute atomic E-state index is 14.0. The molecule has 1 heterocycles. The van der Waals surface area contributed by atoms with Crippen LogP contribution in [0.15, 0.2) is 85.1 Å². The second-order valence-corrected chi connectivity index (χ2v) is 11.9. The molecule has 0 fully saturated rings. The van der Waals surface area contributed by atoms with Crippen molar-refractivity contribution in [1.82, 2.24) is 4.98 Å². The number of amides is 1. The van der Waals surface area contributed by atoms with Crippen LogP contribution in [0.3, 0.4) is 0 Å². The molecule has 1 unspecified atom stereocenters. The lowest BCUT2D eigenvalue weighted by atomic mass is 9.93. The summed E-state index contributed by atoms with van der Waals surface area (Å²) in [7, 11) is 0. The SMILES string of the molecule is CCCCc1ccc(C(=O)OC(C)(C)C)c(NC(=O)C(Cc2ccccc2)c2ccc(-c3cc(Cl)ccc3N)cn2)c1. The molecule has 0 aliphatic carbocycles. The van der Waals surface area contributed by atoms with Gasteiger partial charge in [-0.3, -0.25) is 9.78 Å². The Balaban J connectivity index is 1.69. The van der Waals surface area contributed by atoms with Crippen LogP contribution in [-0.2, 0) is 22.4 Å². The summed E-state index contributed by atoms with van der Waals surface area (Å²) in [6, 6.07) is 24.4. The highest BCUT2D eigenvalue weighted by molar-refractivity contribution is 6.31. The zero-order valence-electron chi connectivity index (χ0n) is 24.6. The fourth-order valence-electron chi connectivity index (χ4n) is 4.69. The van der Waals surface area contributed by atoms with Gasteiger partial charge in [0, 0.05) is 28.0 Å². The Labute approximate surface area is 253 Å². The number of carbonyl (C=O) groups excluding carboxylic acids is 2. The van der Waals surface area contributed by atoms with Crippen LogP contribution in [0, 0.1) is 0 Å². The molecule has 0 saturated carbocycles. The number of unbranched alkanes of at least 4 members (excludes halogenated alkanes) is 1. The predicted octanol–water partition coefficient (Wildman–Crippen LogP) is 8.25. The fraction of sp³-hybridized carbons (Fsp3) is 0.286. The third-order valence-electron chi connectivity index (χ3n) is 6.85. The van der Waals surface area contributed by atoms with Crippen LogP contribution in [0.2, 0.25) is 5.02 Å². The van der Waals surface area contributed by atoms with Gasteiger partial charge in [0.25, 0.3) is 0 Å². The third-order valence-corrected chi connectivity index (χ3v) is 7.08. The number of aryl methyl sites for hydroxylation is 1. The van der Waals surface area contributed by atoms with Gasteiger partial charge in [0.15, 0.2) is 0 Å². The molecular formula is C35H38ClN3O3. The number of pyridine rings is 1. The van der Waals surface area contributed by atoms with Crippen molar-refractivity contribution in [3.8, 4) is 11.1 Å². The number of hydrogen-bond donors (Lipinski definition) is 2. The standard InChI is InChI=1S/C35H38ClN3O3/c1-5-6-10-24-13-16-27(34(41)42-35(2,3)4)32(20-24)39-33(40)29(19-23-11-8-7-9-12-23)31-18-14-25(22-38-31)28-21-26(36)15-17-30(28)37/h7-9,11-18,20-22,29H,5-6,10,19,37H2,1-4H3,(H,39,40). The number of anilines is 2. The Hall–Kier alpha value is -4.16. The molecular weight excluding hydrogens is 546 g/mol. The van der Waals surface area contributed by atoms with Crippen LogP contribution >= 0.6 is 11.6 Å². The largest absolute Gasteiger partial charge is 0.456 e. The summed E-state index contributed by atoms with van der Waals surface area (Å²) >= 11 is 6.20. The molecule has 42 heavy (non-hydrogen) atoms. The number of esters is 1. The highest BCUT2D eigenvalue weighted by Crippen LogP contribution is 2.31. The minimum atomic E-state index is -0.673. The summed E-state index contributed by atoms with van der Waals surface area (Å²) in [6.45, 7) is 7.59. The molecule has 7 heteroatoms. The average molecular weight is 584 g/mol. The topological polar surface area (TPSA) is 94.3 Å².